The molecule has 6 nitrogen and oxygen atoms in total. The number of carboxylic acid groups (broad SMARTS) is 1. The average molecular weight is 487 g/mol. The summed E-state index contributed by atoms with van der Waals surface area (Å²) in [5, 5.41) is 10.3. The van der Waals surface area contributed by atoms with Gasteiger partial charge < -0.3 is 14.7 Å². The molecule has 4 rings (SSSR count). The van der Waals surface area contributed by atoms with Crippen molar-refractivity contribution in [2.45, 2.75) is 66.2 Å². The highest BCUT2D eigenvalue weighted by molar-refractivity contribution is 5.94. The summed E-state index contributed by atoms with van der Waals surface area (Å²) >= 11 is 0. The normalized spacial score (nSPS) is 14.3. The maximum absolute atomic E-state index is 13.2. The summed E-state index contributed by atoms with van der Waals surface area (Å²) in [5.74, 6) is -1.04. The molecule has 0 spiro atoms. The lowest BCUT2D eigenvalue weighted by Crippen LogP contribution is -2.37. The molecule has 1 unspecified atom stereocenters. The van der Waals surface area contributed by atoms with Crippen molar-refractivity contribution in [2.75, 3.05) is 6.54 Å². The predicted octanol–water partition coefficient (Wildman–Crippen LogP) is 5.81. The molecule has 36 heavy (non-hydrogen) atoms. The van der Waals surface area contributed by atoms with E-state index in [4.69, 9.17) is 4.74 Å². The molecule has 6 heteroatoms. The van der Waals surface area contributed by atoms with E-state index < -0.39 is 17.7 Å². The molecule has 3 aromatic rings. The average Bonchev–Trinajstić information content (AvgIpc) is 2.84. The molecule has 1 atom stereocenters. The van der Waals surface area contributed by atoms with Gasteiger partial charge in [0.25, 0.3) is 5.91 Å². The van der Waals surface area contributed by atoms with Crippen LogP contribution in [0.15, 0.2) is 48.8 Å². The number of pyridine rings is 1. The summed E-state index contributed by atoms with van der Waals surface area (Å²) in [6.07, 6.45) is 2.80. The first-order valence-electron chi connectivity index (χ1n) is 12.3. The number of amides is 1. The molecule has 188 valence electrons. The summed E-state index contributed by atoms with van der Waals surface area (Å²) in [6, 6.07) is 11.6. The fourth-order valence-corrected chi connectivity index (χ4v) is 5.08. The Kier molecular flexibility index (Phi) is 7.01. The molecule has 0 bridgehead atoms. The number of carbonyl (C=O) groups is 2. The van der Waals surface area contributed by atoms with Crippen LogP contribution in [0.1, 0.15) is 70.6 Å². The fraction of sp³-hybridized carbons (Fsp3) is 0.367. The second-order valence-electron chi connectivity index (χ2n) is 10.5. The molecule has 1 aliphatic heterocycles. The first-order valence-corrected chi connectivity index (χ1v) is 12.3. The number of carbonyl (C=O) groups excluding carboxylic acids is 1. The van der Waals surface area contributed by atoms with Gasteiger partial charge in [0.05, 0.1) is 5.60 Å². The van der Waals surface area contributed by atoms with Crippen LogP contribution in [0, 0.1) is 20.8 Å². The second kappa shape index (κ2) is 9.86. The van der Waals surface area contributed by atoms with E-state index in [0.29, 0.717) is 30.6 Å². The number of hydrogen-bond donors (Lipinski definition) is 1. The van der Waals surface area contributed by atoms with Gasteiger partial charge >= 0.3 is 5.97 Å². The fourth-order valence-electron chi connectivity index (χ4n) is 5.08. The molecule has 0 fully saturated rings. The van der Waals surface area contributed by atoms with Crippen molar-refractivity contribution < 1.29 is 19.4 Å². The van der Waals surface area contributed by atoms with Crippen LogP contribution in [0.3, 0.4) is 0 Å². The minimum absolute atomic E-state index is 0.0273. The maximum Gasteiger partial charge on any atom is 0.337 e. The number of nitrogens with zero attached hydrogens (tertiary/aromatic N) is 2. The number of carboxylic acids is 1. The van der Waals surface area contributed by atoms with E-state index in [0.717, 1.165) is 38.9 Å². The first kappa shape index (κ1) is 25.6. The van der Waals surface area contributed by atoms with E-state index in [1.807, 2.05) is 70.7 Å². The van der Waals surface area contributed by atoms with Crippen LogP contribution in [0.25, 0.3) is 11.1 Å². The third kappa shape index (κ3) is 5.05. The molecule has 1 aliphatic rings. The smallest absolute Gasteiger partial charge is 0.337 e. The molecular formula is C30H34N2O4. The summed E-state index contributed by atoms with van der Waals surface area (Å²) in [7, 11) is 0. The van der Waals surface area contributed by atoms with Crippen molar-refractivity contribution in [3.05, 3.63) is 87.7 Å². The van der Waals surface area contributed by atoms with Crippen molar-refractivity contribution in [1.82, 2.24) is 9.88 Å². The Labute approximate surface area is 212 Å². The second-order valence-corrected chi connectivity index (χ2v) is 10.5. The summed E-state index contributed by atoms with van der Waals surface area (Å²) in [5.41, 5.74) is 7.74. The Morgan fingerprint density at radius 3 is 2.19 bits per heavy atom. The molecule has 0 saturated heterocycles. The number of fused-ring (bicyclic) bond motifs is 1. The van der Waals surface area contributed by atoms with Gasteiger partial charge in [0.2, 0.25) is 0 Å². The Morgan fingerprint density at radius 1 is 0.972 bits per heavy atom. The molecule has 1 N–H and O–H groups in total. The Morgan fingerprint density at radius 2 is 1.61 bits per heavy atom. The largest absolute Gasteiger partial charge is 0.479 e. The van der Waals surface area contributed by atoms with Crippen LogP contribution in [0.5, 0.6) is 0 Å². The van der Waals surface area contributed by atoms with Gasteiger partial charge in [-0.1, -0.05) is 29.8 Å². The highest BCUT2D eigenvalue weighted by Gasteiger charge is 2.35. The summed E-state index contributed by atoms with van der Waals surface area (Å²) in [6.45, 7) is 12.7. The Balaban J connectivity index is 1.90. The van der Waals surface area contributed by atoms with Gasteiger partial charge in [-0.15, -0.1) is 0 Å². The van der Waals surface area contributed by atoms with E-state index >= 15 is 0 Å². The van der Waals surface area contributed by atoms with Crippen LogP contribution in [0.4, 0.5) is 0 Å². The Bertz CT molecular complexity index is 1290. The SMILES string of the molecule is Cc1ccc(-c2c(C)c3c(c(C)c2C(OC(C)(C)C)C(=O)O)CCN(C(=O)c2ccncc2)C3)cc1. The number of aliphatic carboxylic acids is 1. The monoisotopic (exact) mass is 486 g/mol. The van der Waals surface area contributed by atoms with Crippen LogP contribution in [-0.2, 0) is 22.5 Å². The zero-order valence-electron chi connectivity index (χ0n) is 21.9. The topological polar surface area (TPSA) is 79.7 Å². The third-order valence-corrected chi connectivity index (χ3v) is 6.81. The van der Waals surface area contributed by atoms with Gasteiger partial charge in [-0.25, -0.2) is 4.79 Å². The molecular weight excluding hydrogens is 452 g/mol. The molecule has 0 radical (unpaired) electrons. The van der Waals surface area contributed by atoms with Crippen LogP contribution >= 0.6 is 0 Å². The highest BCUT2D eigenvalue weighted by Crippen LogP contribution is 2.42. The van der Waals surface area contributed by atoms with Crippen molar-refractivity contribution in [1.29, 1.82) is 0 Å². The quantitative estimate of drug-likeness (QED) is 0.492. The van der Waals surface area contributed by atoms with Crippen molar-refractivity contribution in [3.63, 3.8) is 0 Å². The molecule has 2 aromatic carbocycles. The van der Waals surface area contributed by atoms with Crippen molar-refractivity contribution in [3.8, 4) is 11.1 Å². The predicted molar refractivity (Wildman–Crippen MR) is 140 cm³/mol. The standard InChI is InChI=1S/C30H34N2O4/c1-18-7-9-21(10-8-18)25-20(3)24-17-32(28(33)22-11-14-31-15-12-22)16-13-23(24)19(2)26(25)27(29(34)35)36-30(4,5)6/h7-12,14-15,27H,13,16-17H2,1-6H3,(H,34,35). The van der Waals surface area contributed by atoms with Gasteiger partial charge in [0.1, 0.15) is 0 Å². The minimum Gasteiger partial charge on any atom is -0.479 e. The van der Waals surface area contributed by atoms with Gasteiger partial charge in [-0.2, -0.15) is 0 Å². The zero-order valence-corrected chi connectivity index (χ0v) is 21.9. The van der Waals surface area contributed by atoms with E-state index in [1.165, 1.54) is 0 Å². The molecule has 2 heterocycles. The maximum atomic E-state index is 13.2. The van der Waals surface area contributed by atoms with E-state index in [9.17, 15) is 14.7 Å². The lowest BCUT2D eigenvalue weighted by atomic mass is 9.80. The third-order valence-electron chi connectivity index (χ3n) is 6.81. The van der Waals surface area contributed by atoms with Gasteiger partial charge in [-0.3, -0.25) is 9.78 Å². The number of rotatable bonds is 5. The van der Waals surface area contributed by atoms with E-state index in [1.54, 1.807) is 24.5 Å². The number of aromatic nitrogens is 1. The highest BCUT2D eigenvalue weighted by atomic mass is 16.5. The first-order chi connectivity index (χ1) is 17.0. The number of ether oxygens (including phenoxy) is 1. The lowest BCUT2D eigenvalue weighted by molar-refractivity contribution is -0.160. The summed E-state index contributed by atoms with van der Waals surface area (Å²) in [4.78, 5) is 31.7. The lowest BCUT2D eigenvalue weighted by Gasteiger charge is -2.35. The van der Waals surface area contributed by atoms with Crippen molar-refractivity contribution in [2.24, 2.45) is 0 Å². The molecule has 1 amide bonds. The number of benzene rings is 2. The van der Waals surface area contributed by atoms with Gasteiger partial charge in [0.15, 0.2) is 6.10 Å². The Hall–Kier alpha value is -3.51. The van der Waals surface area contributed by atoms with E-state index in [2.05, 4.69) is 4.98 Å². The number of hydrogen-bond acceptors (Lipinski definition) is 4. The van der Waals surface area contributed by atoms with E-state index in [-0.39, 0.29) is 5.91 Å². The summed E-state index contributed by atoms with van der Waals surface area (Å²) < 4.78 is 6.15. The van der Waals surface area contributed by atoms with Crippen LogP contribution in [-0.4, -0.2) is 39.0 Å². The molecule has 1 aromatic heterocycles. The number of aryl methyl sites for hydroxylation is 1. The van der Waals surface area contributed by atoms with Crippen LogP contribution < -0.4 is 0 Å². The zero-order chi connectivity index (χ0) is 26.2. The minimum atomic E-state index is -1.11. The van der Waals surface area contributed by atoms with Gasteiger partial charge in [-0.05, 0) is 93.5 Å². The van der Waals surface area contributed by atoms with Crippen molar-refractivity contribution >= 4 is 11.9 Å². The van der Waals surface area contributed by atoms with Crippen LogP contribution in [0.2, 0.25) is 0 Å². The molecule has 0 aliphatic carbocycles. The van der Waals surface area contributed by atoms with Gasteiger partial charge in [0, 0.05) is 36.6 Å². The molecule has 0 saturated carbocycles.